The lowest BCUT2D eigenvalue weighted by molar-refractivity contribution is -0.120. The summed E-state index contributed by atoms with van der Waals surface area (Å²) >= 11 is 3.45. The molecule has 19 heavy (non-hydrogen) atoms. The highest BCUT2D eigenvalue weighted by Crippen LogP contribution is 2.11. The zero-order valence-electron chi connectivity index (χ0n) is 12.1. The van der Waals surface area contributed by atoms with Gasteiger partial charge in [-0.3, -0.25) is 4.79 Å². The summed E-state index contributed by atoms with van der Waals surface area (Å²) in [7, 11) is 0. The first kappa shape index (κ1) is 16.2. The Hall–Kier alpha value is -0.830. The zero-order valence-corrected chi connectivity index (χ0v) is 13.7. The second kappa shape index (κ2) is 8.36. The normalized spacial score (nSPS) is 12.2. The molecule has 1 atom stereocenters. The molecule has 0 radical (unpaired) electrons. The molecule has 0 aromatic heterocycles. The number of benzene rings is 1. The quantitative estimate of drug-likeness (QED) is 0.759. The number of rotatable bonds is 7. The van der Waals surface area contributed by atoms with Gasteiger partial charge in [0.05, 0.1) is 6.42 Å². The Morgan fingerprint density at radius 3 is 2.63 bits per heavy atom. The van der Waals surface area contributed by atoms with Crippen molar-refractivity contribution in [2.45, 2.75) is 40.0 Å². The van der Waals surface area contributed by atoms with Gasteiger partial charge < -0.3 is 5.32 Å². The zero-order chi connectivity index (χ0) is 14.3. The Kier molecular flexibility index (Phi) is 7.14. The summed E-state index contributed by atoms with van der Waals surface area (Å²) < 4.78 is 0. The maximum atomic E-state index is 11.9. The van der Waals surface area contributed by atoms with E-state index >= 15 is 0 Å². The van der Waals surface area contributed by atoms with Crippen LogP contribution in [0.15, 0.2) is 18.2 Å². The molecule has 1 amide bonds. The molecule has 0 fully saturated rings. The lowest BCUT2D eigenvalue weighted by Gasteiger charge is -2.14. The van der Waals surface area contributed by atoms with Crippen molar-refractivity contribution in [3.05, 3.63) is 34.9 Å². The van der Waals surface area contributed by atoms with Gasteiger partial charge in [0.25, 0.3) is 0 Å². The van der Waals surface area contributed by atoms with Gasteiger partial charge in [0, 0.05) is 11.9 Å². The van der Waals surface area contributed by atoms with E-state index in [1.165, 1.54) is 11.1 Å². The molecule has 0 saturated carbocycles. The Morgan fingerprint density at radius 2 is 2.05 bits per heavy atom. The van der Waals surface area contributed by atoms with E-state index in [-0.39, 0.29) is 5.91 Å². The third-order valence-electron chi connectivity index (χ3n) is 3.62. The average Bonchev–Trinajstić information content (AvgIpc) is 2.39. The molecule has 1 rings (SSSR count). The van der Waals surface area contributed by atoms with E-state index in [9.17, 15) is 4.79 Å². The second-order valence-corrected chi connectivity index (χ2v) is 5.94. The van der Waals surface area contributed by atoms with E-state index in [1.807, 2.05) is 6.07 Å². The number of hydrogen-bond donors (Lipinski definition) is 1. The molecule has 3 heteroatoms. The third kappa shape index (κ3) is 5.77. The molecule has 0 spiro atoms. The maximum absolute atomic E-state index is 11.9. The van der Waals surface area contributed by atoms with Crippen molar-refractivity contribution in [3.63, 3.8) is 0 Å². The minimum Gasteiger partial charge on any atom is -0.356 e. The van der Waals surface area contributed by atoms with Crippen molar-refractivity contribution in [3.8, 4) is 0 Å². The van der Waals surface area contributed by atoms with E-state index in [1.54, 1.807) is 0 Å². The predicted octanol–water partition coefficient (Wildman–Crippen LogP) is 3.77. The number of amides is 1. The number of carbonyl (C=O) groups is 1. The van der Waals surface area contributed by atoms with Crippen LogP contribution in [0, 0.1) is 19.8 Å². The summed E-state index contributed by atoms with van der Waals surface area (Å²) in [5.74, 6) is 0.694. The highest BCUT2D eigenvalue weighted by atomic mass is 79.9. The lowest BCUT2D eigenvalue weighted by Crippen LogP contribution is -2.30. The van der Waals surface area contributed by atoms with Gasteiger partial charge in [-0.2, -0.15) is 0 Å². The average molecular weight is 326 g/mol. The number of hydrogen-bond acceptors (Lipinski definition) is 1. The molecule has 0 aliphatic carbocycles. The van der Waals surface area contributed by atoms with Crippen molar-refractivity contribution in [2.75, 3.05) is 11.9 Å². The summed E-state index contributed by atoms with van der Waals surface area (Å²) in [6.45, 7) is 7.12. The fourth-order valence-corrected chi connectivity index (χ4v) is 2.67. The van der Waals surface area contributed by atoms with Crippen LogP contribution < -0.4 is 5.32 Å². The number of nitrogens with one attached hydrogen (secondary N) is 1. The number of aryl methyl sites for hydroxylation is 2. The van der Waals surface area contributed by atoms with Gasteiger partial charge >= 0.3 is 0 Å². The summed E-state index contributed by atoms with van der Waals surface area (Å²) in [5.41, 5.74) is 3.61. The van der Waals surface area contributed by atoms with E-state index in [2.05, 4.69) is 54.2 Å². The van der Waals surface area contributed by atoms with Crippen molar-refractivity contribution in [1.29, 1.82) is 0 Å². The molecular formula is C16H24BrNO. The van der Waals surface area contributed by atoms with Gasteiger partial charge in [-0.25, -0.2) is 0 Å². The highest BCUT2D eigenvalue weighted by molar-refractivity contribution is 9.09. The van der Waals surface area contributed by atoms with Crippen LogP contribution in [-0.2, 0) is 11.2 Å². The predicted molar refractivity (Wildman–Crippen MR) is 84.8 cm³/mol. The van der Waals surface area contributed by atoms with Crippen LogP contribution in [0.2, 0.25) is 0 Å². The molecular weight excluding hydrogens is 302 g/mol. The van der Waals surface area contributed by atoms with Gasteiger partial charge in [0.2, 0.25) is 5.91 Å². The fraction of sp³-hybridized carbons (Fsp3) is 0.562. The molecule has 1 aromatic rings. The fourth-order valence-electron chi connectivity index (χ4n) is 2.02. The van der Waals surface area contributed by atoms with Crippen molar-refractivity contribution in [2.24, 2.45) is 5.92 Å². The second-order valence-electron chi connectivity index (χ2n) is 5.15. The number of alkyl halides is 1. The molecule has 0 heterocycles. The Bertz CT molecular complexity index is 417. The summed E-state index contributed by atoms with van der Waals surface area (Å²) in [6.07, 6.45) is 2.70. The summed E-state index contributed by atoms with van der Waals surface area (Å²) in [6, 6.07) is 6.22. The molecule has 0 aliphatic heterocycles. The minimum absolute atomic E-state index is 0.122. The standard InChI is InChI=1S/C16H24BrNO/c1-4-14(7-8-17)11-18-16(19)10-15-6-5-12(2)13(3)9-15/h5-6,9,14H,4,7-8,10-11H2,1-3H3,(H,18,19). The highest BCUT2D eigenvalue weighted by Gasteiger charge is 2.09. The van der Waals surface area contributed by atoms with Crippen molar-refractivity contribution < 1.29 is 4.79 Å². The molecule has 1 aromatic carbocycles. The molecule has 0 aliphatic rings. The van der Waals surface area contributed by atoms with E-state index in [0.29, 0.717) is 12.3 Å². The molecule has 2 nitrogen and oxygen atoms in total. The Balaban J connectivity index is 2.44. The Labute approximate surface area is 125 Å². The Morgan fingerprint density at radius 1 is 1.32 bits per heavy atom. The van der Waals surface area contributed by atoms with Crippen LogP contribution in [0.25, 0.3) is 0 Å². The third-order valence-corrected chi connectivity index (χ3v) is 4.08. The number of halogens is 1. The molecule has 0 bridgehead atoms. The van der Waals surface area contributed by atoms with Crippen LogP contribution in [0.3, 0.4) is 0 Å². The number of carbonyl (C=O) groups excluding carboxylic acids is 1. The molecule has 1 N–H and O–H groups in total. The van der Waals surface area contributed by atoms with E-state index in [4.69, 9.17) is 0 Å². The molecule has 106 valence electrons. The molecule has 1 unspecified atom stereocenters. The van der Waals surface area contributed by atoms with Crippen LogP contribution in [0.5, 0.6) is 0 Å². The van der Waals surface area contributed by atoms with E-state index < -0.39 is 0 Å². The first-order valence-corrected chi connectivity index (χ1v) is 8.07. The van der Waals surface area contributed by atoms with Gasteiger partial charge in [0.1, 0.15) is 0 Å². The van der Waals surface area contributed by atoms with Crippen LogP contribution in [-0.4, -0.2) is 17.8 Å². The van der Waals surface area contributed by atoms with Gasteiger partial charge in [-0.05, 0) is 42.9 Å². The van der Waals surface area contributed by atoms with Crippen LogP contribution in [0.4, 0.5) is 0 Å². The van der Waals surface area contributed by atoms with Gasteiger partial charge in [0.15, 0.2) is 0 Å². The summed E-state index contributed by atoms with van der Waals surface area (Å²) in [5, 5.41) is 4.04. The summed E-state index contributed by atoms with van der Waals surface area (Å²) in [4.78, 5) is 11.9. The lowest BCUT2D eigenvalue weighted by atomic mass is 10.0. The monoisotopic (exact) mass is 325 g/mol. The van der Waals surface area contributed by atoms with Gasteiger partial charge in [-0.1, -0.05) is 47.5 Å². The van der Waals surface area contributed by atoms with Crippen molar-refractivity contribution >= 4 is 21.8 Å². The van der Waals surface area contributed by atoms with Crippen LogP contribution >= 0.6 is 15.9 Å². The largest absolute Gasteiger partial charge is 0.356 e. The van der Waals surface area contributed by atoms with Crippen LogP contribution in [0.1, 0.15) is 36.5 Å². The SMILES string of the molecule is CCC(CCBr)CNC(=O)Cc1ccc(C)c(C)c1. The topological polar surface area (TPSA) is 29.1 Å². The molecule has 0 saturated heterocycles. The van der Waals surface area contributed by atoms with Crippen molar-refractivity contribution in [1.82, 2.24) is 5.32 Å². The first-order valence-electron chi connectivity index (χ1n) is 6.95. The minimum atomic E-state index is 0.122. The van der Waals surface area contributed by atoms with E-state index in [0.717, 1.165) is 30.3 Å². The maximum Gasteiger partial charge on any atom is 0.224 e. The smallest absolute Gasteiger partial charge is 0.224 e. The first-order chi connectivity index (χ1) is 9.06. The van der Waals surface area contributed by atoms with Gasteiger partial charge in [-0.15, -0.1) is 0 Å².